The second-order valence-electron chi connectivity index (χ2n) is 6.40. The molecular formula is C17H24N2O4S. The van der Waals surface area contributed by atoms with Crippen molar-refractivity contribution in [2.45, 2.75) is 36.7 Å². The highest BCUT2D eigenvalue weighted by molar-refractivity contribution is 7.89. The van der Waals surface area contributed by atoms with Crippen molar-refractivity contribution in [2.75, 3.05) is 26.2 Å². The number of piperidine rings is 1. The van der Waals surface area contributed by atoms with Crippen molar-refractivity contribution >= 4 is 15.9 Å². The van der Waals surface area contributed by atoms with E-state index in [1.54, 1.807) is 30.3 Å². The molecule has 3 rings (SSSR count). The number of sulfonamides is 1. The van der Waals surface area contributed by atoms with Gasteiger partial charge in [0.1, 0.15) is 0 Å². The third-order valence-corrected chi connectivity index (χ3v) is 6.54. The van der Waals surface area contributed by atoms with Gasteiger partial charge in [-0.1, -0.05) is 18.2 Å². The Bertz CT molecular complexity index is 656. The van der Waals surface area contributed by atoms with Crippen LogP contribution in [0.4, 0.5) is 0 Å². The number of carbonyl (C=O) groups is 1. The van der Waals surface area contributed by atoms with Crippen LogP contribution in [0.3, 0.4) is 0 Å². The predicted molar refractivity (Wildman–Crippen MR) is 89.9 cm³/mol. The summed E-state index contributed by atoms with van der Waals surface area (Å²) in [6.45, 7) is 1.98. The maximum Gasteiger partial charge on any atom is 0.243 e. The molecule has 1 aromatic carbocycles. The lowest BCUT2D eigenvalue weighted by molar-refractivity contribution is -0.126. The molecular weight excluding hydrogens is 328 g/mol. The molecule has 2 heterocycles. The van der Waals surface area contributed by atoms with E-state index in [4.69, 9.17) is 4.74 Å². The fourth-order valence-electron chi connectivity index (χ4n) is 3.28. The Morgan fingerprint density at radius 2 is 2.00 bits per heavy atom. The average molecular weight is 352 g/mol. The van der Waals surface area contributed by atoms with Gasteiger partial charge in [0.15, 0.2) is 0 Å². The van der Waals surface area contributed by atoms with Crippen LogP contribution in [-0.2, 0) is 19.6 Å². The number of rotatable bonds is 5. The summed E-state index contributed by atoms with van der Waals surface area (Å²) in [5, 5.41) is 2.92. The van der Waals surface area contributed by atoms with E-state index >= 15 is 0 Å². The van der Waals surface area contributed by atoms with E-state index in [-0.39, 0.29) is 29.4 Å². The highest BCUT2D eigenvalue weighted by Gasteiger charge is 2.33. The molecule has 24 heavy (non-hydrogen) atoms. The third kappa shape index (κ3) is 3.96. The molecule has 0 radical (unpaired) electrons. The van der Waals surface area contributed by atoms with Crippen molar-refractivity contribution in [2.24, 2.45) is 5.92 Å². The molecule has 2 fully saturated rings. The second kappa shape index (κ2) is 7.63. The van der Waals surface area contributed by atoms with Crippen LogP contribution in [0.1, 0.15) is 25.7 Å². The minimum absolute atomic E-state index is 0.0709. The molecule has 0 saturated carbocycles. The number of nitrogens with one attached hydrogen (secondary N) is 1. The molecule has 0 bridgehead atoms. The van der Waals surface area contributed by atoms with Gasteiger partial charge in [0, 0.05) is 26.2 Å². The highest BCUT2D eigenvalue weighted by Crippen LogP contribution is 2.24. The van der Waals surface area contributed by atoms with Crippen LogP contribution in [0.2, 0.25) is 0 Å². The maximum atomic E-state index is 12.7. The number of carbonyl (C=O) groups excluding carboxylic acids is 1. The topological polar surface area (TPSA) is 75.7 Å². The molecule has 132 valence electrons. The number of benzene rings is 1. The predicted octanol–water partition coefficient (Wildman–Crippen LogP) is 1.38. The van der Waals surface area contributed by atoms with E-state index in [1.807, 2.05) is 0 Å². The molecule has 0 spiro atoms. The summed E-state index contributed by atoms with van der Waals surface area (Å²) in [4.78, 5) is 12.7. The second-order valence-corrected chi connectivity index (χ2v) is 8.33. The Morgan fingerprint density at radius 1 is 1.21 bits per heavy atom. The summed E-state index contributed by atoms with van der Waals surface area (Å²) in [7, 11) is -3.53. The molecule has 2 saturated heterocycles. The molecule has 0 unspecified atom stereocenters. The zero-order chi connectivity index (χ0) is 17.0. The quantitative estimate of drug-likeness (QED) is 0.869. The normalized spacial score (nSPS) is 25.5. The molecule has 1 aromatic rings. The Labute approximate surface area is 143 Å². The molecule has 2 aliphatic rings. The standard InChI is InChI=1S/C17H24N2O4S/c20-17(18-12-15-7-5-11-23-15)14-6-4-10-19(13-14)24(21,22)16-8-2-1-3-9-16/h1-3,8-9,14-15H,4-7,10-13H2,(H,18,20)/t14-,15-/m0/s1. The minimum atomic E-state index is -3.53. The summed E-state index contributed by atoms with van der Waals surface area (Å²) < 4.78 is 32.3. The third-order valence-electron chi connectivity index (χ3n) is 4.66. The number of amides is 1. The fourth-order valence-corrected chi connectivity index (χ4v) is 4.83. The van der Waals surface area contributed by atoms with E-state index in [0.29, 0.717) is 19.5 Å². The van der Waals surface area contributed by atoms with Crippen molar-refractivity contribution in [3.63, 3.8) is 0 Å². The molecule has 2 atom stereocenters. The monoisotopic (exact) mass is 352 g/mol. The van der Waals surface area contributed by atoms with Crippen molar-refractivity contribution in [1.29, 1.82) is 0 Å². The zero-order valence-corrected chi connectivity index (χ0v) is 14.5. The van der Waals surface area contributed by atoms with Gasteiger partial charge in [-0.15, -0.1) is 0 Å². The molecule has 0 aromatic heterocycles. The van der Waals surface area contributed by atoms with Crippen molar-refractivity contribution in [3.8, 4) is 0 Å². The largest absolute Gasteiger partial charge is 0.376 e. The molecule has 1 N–H and O–H groups in total. The van der Waals surface area contributed by atoms with E-state index in [2.05, 4.69) is 5.32 Å². The van der Waals surface area contributed by atoms with Gasteiger partial charge in [0.05, 0.1) is 16.9 Å². The number of nitrogens with zero attached hydrogens (tertiary/aromatic N) is 1. The van der Waals surface area contributed by atoms with E-state index < -0.39 is 10.0 Å². The Hall–Kier alpha value is -1.44. The van der Waals surface area contributed by atoms with Gasteiger partial charge in [-0.2, -0.15) is 4.31 Å². The lowest BCUT2D eigenvalue weighted by atomic mass is 9.99. The fraction of sp³-hybridized carbons (Fsp3) is 0.588. The lowest BCUT2D eigenvalue weighted by Crippen LogP contribution is -2.46. The molecule has 7 heteroatoms. The number of hydrogen-bond donors (Lipinski definition) is 1. The van der Waals surface area contributed by atoms with Gasteiger partial charge in [-0.25, -0.2) is 8.42 Å². The minimum Gasteiger partial charge on any atom is -0.376 e. The smallest absolute Gasteiger partial charge is 0.243 e. The van der Waals surface area contributed by atoms with Crippen LogP contribution in [0.25, 0.3) is 0 Å². The molecule has 1 amide bonds. The summed E-state index contributed by atoms with van der Waals surface area (Å²) in [6.07, 6.45) is 3.52. The Balaban J connectivity index is 1.60. The van der Waals surface area contributed by atoms with Crippen LogP contribution >= 0.6 is 0 Å². The van der Waals surface area contributed by atoms with E-state index in [0.717, 1.165) is 25.9 Å². The zero-order valence-electron chi connectivity index (χ0n) is 13.7. The number of ether oxygens (including phenoxy) is 1. The van der Waals surface area contributed by atoms with Gasteiger partial charge in [0.25, 0.3) is 0 Å². The SMILES string of the molecule is O=C(NC[C@@H]1CCCO1)[C@H]1CCCN(S(=O)(=O)c2ccccc2)C1. The first-order chi connectivity index (χ1) is 11.6. The van der Waals surface area contributed by atoms with Crippen LogP contribution < -0.4 is 5.32 Å². The van der Waals surface area contributed by atoms with Gasteiger partial charge in [-0.05, 0) is 37.8 Å². The Kier molecular flexibility index (Phi) is 5.53. The summed E-state index contributed by atoms with van der Waals surface area (Å²) in [6, 6.07) is 8.40. The highest BCUT2D eigenvalue weighted by atomic mass is 32.2. The molecule has 6 nitrogen and oxygen atoms in total. The van der Waals surface area contributed by atoms with E-state index in [1.165, 1.54) is 4.31 Å². The Morgan fingerprint density at radius 3 is 2.71 bits per heavy atom. The van der Waals surface area contributed by atoms with Crippen LogP contribution in [0, 0.1) is 5.92 Å². The average Bonchev–Trinajstić information content (AvgIpc) is 3.14. The summed E-state index contributed by atoms with van der Waals surface area (Å²) in [5.41, 5.74) is 0. The summed E-state index contributed by atoms with van der Waals surface area (Å²) >= 11 is 0. The van der Waals surface area contributed by atoms with Gasteiger partial charge in [-0.3, -0.25) is 4.79 Å². The van der Waals surface area contributed by atoms with Crippen molar-refractivity contribution in [3.05, 3.63) is 30.3 Å². The van der Waals surface area contributed by atoms with Crippen molar-refractivity contribution in [1.82, 2.24) is 9.62 Å². The first-order valence-electron chi connectivity index (χ1n) is 8.52. The molecule has 2 aliphatic heterocycles. The van der Waals surface area contributed by atoms with Gasteiger partial charge in [0.2, 0.25) is 15.9 Å². The number of hydrogen-bond acceptors (Lipinski definition) is 4. The van der Waals surface area contributed by atoms with Gasteiger partial charge < -0.3 is 10.1 Å². The van der Waals surface area contributed by atoms with Crippen LogP contribution in [0.5, 0.6) is 0 Å². The van der Waals surface area contributed by atoms with E-state index in [9.17, 15) is 13.2 Å². The van der Waals surface area contributed by atoms with Crippen LogP contribution in [0.15, 0.2) is 35.2 Å². The lowest BCUT2D eigenvalue weighted by Gasteiger charge is -2.31. The first-order valence-corrected chi connectivity index (χ1v) is 9.96. The molecule has 0 aliphatic carbocycles. The summed E-state index contributed by atoms with van der Waals surface area (Å²) in [5.74, 6) is -0.364. The van der Waals surface area contributed by atoms with Crippen molar-refractivity contribution < 1.29 is 17.9 Å². The van der Waals surface area contributed by atoms with Crippen LogP contribution in [-0.4, -0.2) is 51.0 Å². The first kappa shape index (κ1) is 17.4. The maximum absolute atomic E-state index is 12.7. The van der Waals surface area contributed by atoms with Gasteiger partial charge >= 0.3 is 0 Å².